The summed E-state index contributed by atoms with van der Waals surface area (Å²) in [6, 6.07) is 0. The summed E-state index contributed by atoms with van der Waals surface area (Å²) < 4.78 is 43.9. The zero-order valence-corrected chi connectivity index (χ0v) is 16.4. The van der Waals surface area contributed by atoms with E-state index in [9.17, 15) is 13.2 Å². The van der Waals surface area contributed by atoms with Crippen molar-refractivity contribution in [3.63, 3.8) is 0 Å². The van der Waals surface area contributed by atoms with Gasteiger partial charge in [-0.25, -0.2) is 4.98 Å². The van der Waals surface area contributed by atoms with Gasteiger partial charge in [-0.05, 0) is 18.4 Å². The van der Waals surface area contributed by atoms with Gasteiger partial charge in [0.2, 0.25) is 0 Å². The Labute approximate surface area is 155 Å². The van der Waals surface area contributed by atoms with Gasteiger partial charge in [-0.2, -0.15) is 13.2 Å². The number of halogens is 3. The Balaban J connectivity index is 0.00000146. The fourth-order valence-electron chi connectivity index (χ4n) is 2.17. The molecule has 0 saturated heterocycles. The lowest BCUT2D eigenvalue weighted by molar-refractivity contribution is -0.141. The third-order valence-corrected chi connectivity index (χ3v) is 3.29. The number of nitrogens with one attached hydrogen (secondary N) is 1. The fraction of sp³-hybridized carbons (Fsp3) is 0.550. The molecule has 1 N–H and O–H groups in total. The number of aryl methyl sites for hydroxylation is 1. The molecule has 0 saturated carbocycles. The number of nitrogens with zero attached hydrogens (tertiary/aromatic N) is 1. The summed E-state index contributed by atoms with van der Waals surface area (Å²) in [5.74, 6) is 0.318. The molecular formula is C20H31F3N2O. The first-order chi connectivity index (χ1) is 12.5. The minimum Gasteiger partial charge on any atom is -0.377 e. The van der Waals surface area contributed by atoms with Crippen molar-refractivity contribution in [3.8, 4) is 0 Å². The summed E-state index contributed by atoms with van der Waals surface area (Å²) in [5, 5.41) is 0. The van der Waals surface area contributed by atoms with Gasteiger partial charge in [-0.15, -0.1) is 0 Å². The van der Waals surface area contributed by atoms with Gasteiger partial charge in [0.25, 0.3) is 0 Å². The molecule has 0 fully saturated rings. The Kier molecular flexibility index (Phi) is 12.5. The van der Waals surface area contributed by atoms with Crippen LogP contribution in [0.25, 0.3) is 0 Å². The molecule has 6 heteroatoms. The highest BCUT2D eigenvalue weighted by Crippen LogP contribution is 2.30. The summed E-state index contributed by atoms with van der Waals surface area (Å²) in [6.45, 7) is 10.5. The lowest BCUT2D eigenvalue weighted by Gasteiger charge is -2.05. The number of imidazole rings is 1. The predicted molar refractivity (Wildman–Crippen MR) is 101 cm³/mol. The van der Waals surface area contributed by atoms with Crippen LogP contribution in [0.3, 0.4) is 0 Å². The van der Waals surface area contributed by atoms with E-state index in [1.54, 1.807) is 6.92 Å². The van der Waals surface area contributed by atoms with E-state index >= 15 is 0 Å². The van der Waals surface area contributed by atoms with Crippen LogP contribution < -0.4 is 0 Å². The average Bonchev–Trinajstić information content (AvgIpc) is 2.90. The van der Waals surface area contributed by atoms with E-state index in [0.29, 0.717) is 25.5 Å². The van der Waals surface area contributed by atoms with Crippen molar-refractivity contribution in [3.05, 3.63) is 53.2 Å². The highest BCUT2D eigenvalue weighted by Gasteiger charge is 2.36. The van der Waals surface area contributed by atoms with Gasteiger partial charge in [-0.1, -0.05) is 65.0 Å². The number of allylic oxidation sites excluding steroid dienone is 5. The molecule has 3 nitrogen and oxygen atoms in total. The van der Waals surface area contributed by atoms with E-state index in [1.807, 2.05) is 58.1 Å². The second-order valence-electron chi connectivity index (χ2n) is 5.01. The standard InChI is InChI=1S/C16H19F3N2O.2C2H6/c1-2-13-15(16(17,18)19)21-14(20-13)9-10-22-11-12-7-5-3-4-6-8-12;2*1-2/h3-7H,2,8-11H2,1H3,(H,20,21);2*1-2H3. The second kappa shape index (κ2) is 13.4. The van der Waals surface area contributed by atoms with Crippen molar-refractivity contribution in [2.45, 2.75) is 60.1 Å². The van der Waals surface area contributed by atoms with E-state index in [1.165, 1.54) is 0 Å². The minimum atomic E-state index is -4.41. The molecular weight excluding hydrogens is 341 g/mol. The molecule has 1 aliphatic carbocycles. The predicted octanol–water partition coefficient (Wildman–Crippen LogP) is 6.04. The monoisotopic (exact) mass is 372 g/mol. The lowest BCUT2D eigenvalue weighted by Crippen LogP contribution is -2.09. The molecule has 2 rings (SSSR count). The van der Waals surface area contributed by atoms with Crippen LogP contribution >= 0.6 is 0 Å². The Morgan fingerprint density at radius 2 is 1.81 bits per heavy atom. The summed E-state index contributed by atoms with van der Waals surface area (Å²) >= 11 is 0. The Bertz CT molecular complexity index is 584. The number of alkyl halides is 3. The van der Waals surface area contributed by atoms with Crippen molar-refractivity contribution >= 4 is 0 Å². The number of rotatable bonds is 6. The molecule has 0 bridgehead atoms. The van der Waals surface area contributed by atoms with Crippen molar-refractivity contribution in [1.29, 1.82) is 0 Å². The first-order valence-electron chi connectivity index (χ1n) is 9.24. The Morgan fingerprint density at radius 3 is 2.38 bits per heavy atom. The second-order valence-corrected chi connectivity index (χ2v) is 5.01. The molecule has 1 aromatic heterocycles. The van der Waals surface area contributed by atoms with Crippen LogP contribution in [0.5, 0.6) is 0 Å². The van der Waals surface area contributed by atoms with Gasteiger partial charge in [-0.3, -0.25) is 0 Å². The first kappa shape index (κ1) is 24.2. The van der Waals surface area contributed by atoms with Crippen molar-refractivity contribution in [1.82, 2.24) is 9.97 Å². The van der Waals surface area contributed by atoms with Gasteiger partial charge in [0.1, 0.15) is 5.82 Å². The molecule has 1 heterocycles. The third-order valence-electron chi connectivity index (χ3n) is 3.29. The van der Waals surface area contributed by atoms with Gasteiger partial charge in [0.05, 0.1) is 13.2 Å². The SMILES string of the molecule is CC.CC.CCc1[nH]c(CCOCC2=CC=CC=CC2)nc1C(F)(F)F. The van der Waals surface area contributed by atoms with Crippen LogP contribution in [0.4, 0.5) is 13.2 Å². The van der Waals surface area contributed by atoms with E-state index in [2.05, 4.69) is 9.97 Å². The fourth-order valence-corrected chi connectivity index (χ4v) is 2.17. The molecule has 0 aliphatic heterocycles. The highest BCUT2D eigenvalue weighted by molar-refractivity contribution is 5.23. The van der Waals surface area contributed by atoms with E-state index in [4.69, 9.17) is 4.74 Å². The van der Waals surface area contributed by atoms with Gasteiger partial charge >= 0.3 is 6.18 Å². The molecule has 26 heavy (non-hydrogen) atoms. The molecule has 1 aliphatic rings. The van der Waals surface area contributed by atoms with E-state index in [0.717, 1.165) is 12.0 Å². The zero-order valence-electron chi connectivity index (χ0n) is 16.4. The number of H-pyrrole nitrogens is 1. The Morgan fingerprint density at radius 1 is 1.12 bits per heavy atom. The molecule has 0 aromatic carbocycles. The quantitative estimate of drug-likeness (QED) is 0.618. The molecule has 1 aromatic rings. The van der Waals surface area contributed by atoms with Crippen LogP contribution in [0.2, 0.25) is 0 Å². The summed E-state index contributed by atoms with van der Waals surface area (Å²) in [6.07, 6.45) is 6.90. The van der Waals surface area contributed by atoms with Crippen LogP contribution in [0.15, 0.2) is 36.0 Å². The number of ether oxygens (including phenoxy) is 1. The summed E-state index contributed by atoms with van der Waals surface area (Å²) in [5.41, 5.74) is 0.450. The van der Waals surface area contributed by atoms with Crippen LogP contribution in [-0.4, -0.2) is 23.2 Å². The molecule has 148 valence electrons. The maximum atomic E-state index is 12.8. The van der Waals surface area contributed by atoms with Gasteiger partial charge in [0.15, 0.2) is 5.69 Å². The number of aromatic amines is 1. The maximum absolute atomic E-state index is 12.8. The lowest BCUT2D eigenvalue weighted by atomic mass is 10.2. The van der Waals surface area contributed by atoms with Crippen molar-refractivity contribution in [2.24, 2.45) is 0 Å². The summed E-state index contributed by atoms with van der Waals surface area (Å²) in [7, 11) is 0. The number of hydrogen-bond acceptors (Lipinski definition) is 2. The average molecular weight is 372 g/mol. The third kappa shape index (κ3) is 8.52. The molecule has 0 amide bonds. The van der Waals surface area contributed by atoms with Gasteiger partial charge in [0, 0.05) is 12.1 Å². The molecule has 0 unspecified atom stereocenters. The maximum Gasteiger partial charge on any atom is 0.435 e. The number of hydrogen-bond donors (Lipinski definition) is 1. The van der Waals surface area contributed by atoms with E-state index in [-0.39, 0.29) is 12.1 Å². The number of aromatic nitrogens is 2. The minimum absolute atomic E-state index is 0.129. The zero-order chi connectivity index (χ0) is 20.0. The smallest absolute Gasteiger partial charge is 0.377 e. The van der Waals surface area contributed by atoms with E-state index < -0.39 is 11.9 Å². The van der Waals surface area contributed by atoms with Crippen LogP contribution in [-0.2, 0) is 23.8 Å². The van der Waals surface area contributed by atoms with Crippen molar-refractivity contribution in [2.75, 3.05) is 13.2 Å². The van der Waals surface area contributed by atoms with Crippen molar-refractivity contribution < 1.29 is 17.9 Å². The van der Waals surface area contributed by atoms with Crippen LogP contribution in [0, 0.1) is 0 Å². The largest absolute Gasteiger partial charge is 0.435 e. The Hall–Kier alpha value is -1.82. The first-order valence-corrected chi connectivity index (χ1v) is 9.24. The highest BCUT2D eigenvalue weighted by atomic mass is 19.4. The molecule has 0 atom stereocenters. The van der Waals surface area contributed by atoms with Gasteiger partial charge < -0.3 is 9.72 Å². The molecule has 0 spiro atoms. The molecule has 0 radical (unpaired) electrons. The summed E-state index contributed by atoms with van der Waals surface area (Å²) in [4.78, 5) is 6.39. The topological polar surface area (TPSA) is 37.9 Å². The van der Waals surface area contributed by atoms with Crippen LogP contribution in [0.1, 0.15) is 58.3 Å². The normalized spacial score (nSPS) is 13.2.